The fourth-order valence-electron chi connectivity index (χ4n) is 0.999. The van der Waals surface area contributed by atoms with Gasteiger partial charge in [0.15, 0.2) is 0 Å². The third kappa shape index (κ3) is 6.36. The molecule has 4 N–H and O–H groups in total. The second-order valence-corrected chi connectivity index (χ2v) is 3.52. The van der Waals surface area contributed by atoms with Crippen LogP contribution in [-0.2, 0) is 9.47 Å². The van der Waals surface area contributed by atoms with Gasteiger partial charge in [-0.05, 0) is 6.42 Å². The first-order chi connectivity index (χ1) is 6.89. The maximum absolute atomic E-state index is 10.4. The lowest BCUT2D eigenvalue weighted by atomic mass is 9.89. The molecule has 0 aliphatic carbocycles. The molecule has 6 heteroatoms. The van der Waals surface area contributed by atoms with Crippen molar-refractivity contribution < 1.29 is 19.1 Å². The number of rotatable bonds is 6. The Kier molecular flexibility index (Phi) is 5.22. The predicted octanol–water partition coefficient (Wildman–Crippen LogP) is 0.759. The molecule has 0 unspecified atom stereocenters. The first kappa shape index (κ1) is 13.3. The van der Waals surface area contributed by atoms with Crippen LogP contribution < -0.4 is 11.5 Å². The van der Waals surface area contributed by atoms with Gasteiger partial charge < -0.3 is 20.9 Å². The molecule has 86 valence electrons. The Bertz CT molecular complexity index is 234. The van der Waals surface area contributed by atoms with Crippen molar-refractivity contribution in [1.82, 2.24) is 0 Å². The molecule has 0 aromatic carbocycles. The Morgan fingerprint density at radius 1 is 1.27 bits per heavy atom. The lowest BCUT2D eigenvalue weighted by Crippen LogP contribution is -2.33. The fourth-order valence-corrected chi connectivity index (χ4v) is 0.999. The summed E-state index contributed by atoms with van der Waals surface area (Å²) in [6.07, 6.45) is 0.399. The summed E-state index contributed by atoms with van der Waals surface area (Å²) >= 11 is 0. The summed E-state index contributed by atoms with van der Waals surface area (Å²) in [6.45, 7) is 5.41. The van der Waals surface area contributed by atoms with Crippen molar-refractivity contribution in [2.75, 3.05) is 13.2 Å². The molecular weight excluding hydrogens is 200 g/mol. The standard InChI is InChI=1S/C9H16N2O4/c1-3-4-9(2,5-14-7(10)12)6-15-8(11)13/h3H,1,4-6H2,2H3,(H2,10,12)(H2,11,13). The lowest BCUT2D eigenvalue weighted by Gasteiger charge is -2.26. The van der Waals surface area contributed by atoms with Crippen molar-refractivity contribution in [3.63, 3.8) is 0 Å². The Labute approximate surface area is 88.2 Å². The average molecular weight is 216 g/mol. The summed E-state index contributed by atoms with van der Waals surface area (Å²) in [4.78, 5) is 20.9. The maximum atomic E-state index is 10.4. The van der Waals surface area contributed by atoms with Gasteiger partial charge in [0.25, 0.3) is 0 Å². The number of amides is 2. The quantitative estimate of drug-likeness (QED) is 0.639. The summed E-state index contributed by atoms with van der Waals surface area (Å²) < 4.78 is 9.30. The second kappa shape index (κ2) is 5.90. The zero-order valence-corrected chi connectivity index (χ0v) is 8.69. The molecule has 0 aromatic heterocycles. The second-order valence-electron chi connectivity index (χ2n) is 3.52. The summed E-state index contributed by atoms with van der Waals surface area (Å²) in [5.41, 5.74) is 9.11. The molecule has 0 atom stereocenters. The van der Waals surface area contributed by atoms with Crippen LogP contribution in [0.2, 0.25) is 0 Å². The number of allylic oxidation sites excluding steroid dienone is 1. The molecule has 15 heavy (non-hydrogen) atoms. The molecule has 2 amide bonds. The lowest BCUT2D eigenvalue weighted by molar-refractivity contribution is 0.0440. The molecule has 0 bridgehead atoms. The number of primary amides is 2. The SMILES string of the molecule is C=CCC(C)(COC(N)=O)COC(N)=O. The molecule has 0 fully saturated rings. The van der Waals surface area contributed by atoms with Gasteiger partial charge in [-0.2, -0.15) is 0 Å². The molecule has 0 saturated carbocycles. The molecule has 0 heterocycles. The van der Waals surface area contributed by atoms with Crippen molar-refractivity contribution in [2.45, 2.75) is 13.3 Å². The van der Waals surface area contributed by atoms with E-state index in [1.165, 1.54) is 0 Å². The van der Waals surface area contributed by atoms with Crippen molar-refractivity contribution >= 4 is 12.2 Å². The Morgan fingerprint density at radius 3 is 1.93 bits per heavy atom. The van der Waals surface area contributed by atoms with E-state index in [0.717, 1.165) is 0 Å². The van der Waals surface area contributed by atoms with E-state index in [0.29, 0.717) is 6.42 Å². The van der Waals surface area contributed by atoms with E-state index in [1.54, 1.807) is 13.0 Å². The molecule has 0 spiro atoms. The van der Waals surface area contributed by atoms with Gasteiger partial charge in [-0.1, -0.05) is 13.0 Å². The van der Waals surface area contributed by atoms with E-state index in [1.807, 2.05) is 0 Å². The molecule has 0 saturated heterocycles. The van der Waals surface area contributed by atoms with Gasteiger partial charge in [0.2, 0.25) is 0 Å². The highest BCUT2D eigenvalue weighted by atomic mass is 16.6. The van der Waals surface area contributed by atoms with Crippen LogP contribution >= 0.6 is 0 Å². The van der Waals surface area contributed by atoms with Gasteiger partial charge in [0.1, 0.15) is 13.2 Å². The third-order valence-electron chi connectivity index (χ3n) is 1.76. The Morgan fingerprint density at radius 2 is 1.67 bits per heavy atom. The van der Waals surface area contributed by atoms with Crippen LogP contribution in [0, 0.1) is 5.41 Å². The number of carbonyl (C=O) groups excluding carboxylic acids is 2. The third-order valence-corrected chi connectivity index (χ3v) is 1.76. The van der Waals surface area contributed by atoms with Gasteiger partial charge in [-0.15, -0.1) is 6.58 Å². The van der Waals surface area contributed by atoms with Crippen LogP contribution in [0.15, 0.2) is 12.7 Å². The highest BCUT2D eigenvalue weighted by Gasteiger charge is 2.26. The molecule has 0 rings (SSSR count). The number of hydrogen-bond acceptors (Lipinski definition) is 4. The van der Waals surface area contributed by atoms with Crippen molar-refractivity contribution in [3.8, 4) is 0 Å². The van der Waals surface area contributed by atoms with Crippen LogP contribution in [0.1, 0.15) is 13.3 Å². The first-order valence-electron chi connectivity index (χ1n) is 4.35. The summed E-state index contributed by atoms with van der Waals surface area (Å²) in [5, 5.41) is 0. The minimum Gasteiger partial charge on any atom is -0.449 e. The zero-order valence-electron chi connectivity index (χ0n) is 8.69. The molecule has 0 aromatic rings. The van der Waals surface area contributed by atoms with Gasteiger partial charge in [0.05, 0.1) is 0 Å². The Balaban J connectivity index is 4.22. The number of ether oxygens (including phenoxy) is 2. The number of carbonyl (C=O) groups is 2. The zero-order chi connectivity index (χ0) is 11.9. The average Bonchev–Trinajstić information content (AvgIpc) is 2.13. The Hall–Kier alpha value is -1.72. The summed E-state index contributed by atoms with van der Waals surface area (Å²) in [7, 11) is 0. The summed E-state index contributed by atoms with van der Waals surface area (Å²) in [6, 6.07) is 0. The largest absolute Gasteiger partial charge is 0.449 e. The van der Waals surface area contributed by atoms with Crippen LogP contribution in [0.4, 0.5) is 9.59 Å². The topological polar surface area (TPSA) is 105 Å². The number of hydrogen-bond donors (Lipinski definition) is 2. The van der Waals surface area contributed by atoms with Gasteiger partial charge in [-0.25, -0.2) is 9.59 Å². The molecule has 0 aliphatic rings. The predicted molar refractivity (Wildman–Crippen MR) is 54.0 cm³/mol. The van der Waals surface area contributed by atoms with Gasteiger partial charge in [-0.3, -0.25) is 0 Å². The monoisotopic (exact) mass is 216 g/mol. The maximum Gasteiger partial charge on any atom is 0.404 e. The van der Waals surface area contributed by atoms with E-state index < -0.39 is 17.6 Å². The number of nitrogens with two attached hydrogens (primary N) is 2. The first-order valence-corrected chi connectivity index (χ1v) is 4.35. The van der Waals surface area contributed by atoms with Crippen LogP contribution in [-0.4, -0.2) is 25.4 Å². The minimum absolute atomic E-state index is 0.0433. The normalized spacial score (nSPS) is 10.5. The van der Waals surface area contributed by atoms with E-state index in [9.17, 15) is 9.59 Å². The van der Waals surface area contributed by atoms with Crippen molar-refractivity contribution in [2.24, 2.45) is 16.9 Å². The molecular formula is C9H16N2O4. The molecule has 6 nitrogen and oxygen atoms in total. The van der Waals surface area contributed by atoms with E-state index >= 15 is 0 Å². The van der Waals surface area contributed by atoms with Crippen LogP contribution in [0.25, 0.3) is 0 Å². The molecule has 0 aliphatic heterocycles. The van der Waals surface area contributed by atoms with Gasteiger partial charge in [0, 0.05) is 5.41 Å². The van der Waals surface area contributed by atoms with E-state index in [4.69, 9.17) is 11.5 Å². The van der Waals surface area contributed by atoms with Crippen LogP contribution in [0.3, 0.4) is 0 Å². The summed E-state index contributed by atoms with van der Waals surface area (Å²) in [5.74, 6) is 0. The van der Waals surface area contributed by atoms with E-state index in [-0.39, 0.29) is 13.2 Å². The van der Waals surface area contributed by atoms with E-state index in [2.05, 4.69) is 16.1 Å². The van der Waals surface area contributed by atoms with Crippen molar-refractivity contribution in [3.05, 3.63) is 12.7 Å². The highest BCUT2D eigenvalue weighted by Crippen LogP contribution is 2.22. The smallest absolute Gasteiger partial charge is 0.404 e. The minimum atomic E-state index is -0.871. The fraction of sp³-hybridized carbons (Fsp3) is 0.556. The van der Waals surface area contributed by atoms with Gasteiger partial charge >= 0.3 is 12.2 Å². The van der Waals surface area contributed by atoms with Crippen LogP contribution in [0.5, 0.6) is 0 Å². The highest BCUT2D eigenvalue weighted by molar-refractivity contribution is 5.65. The molecule has 0 radical (unpaired) electrons. The van der Waals surface area contributed by atoms with Crippen molar-refractivity contribution in [1.29, 1.82) is 0 Å².